The van der Waals surface area contributed by atoms with Crippen molar-refractivity contribution in [1.29, 1.82) is 0 Å². The molecule has 3 rings (SSSR count). The largest absolute Gasteiger partial charge is 0.287 e. The zero-order valence-electron chi connectivity index (χ0n) is 13.5. The second-order valence-corrected chi connectivity index (χ2v) is 6.54. The van der Waals surface area contributed by atoms with E-state index in [0.717, 1.165) is 21.5 Å². The maximum absolute atomic E-state index is 12.1. The number of thiazole rings is 1. The van der Waals surface area contributed by atoms with E-state index in [1.807, 2.05) is 31.2 Å². The minimum absolute atomic E-state index is 0.0781. The van der Waals surface area contributed by atoms with Gasteiger partial charge in [0.25, 0.3) is 5.91 Å². The van der Waals surface area contributed by atoms with Gasteiger partial charge in [-0.3, -0.25) is 14.2 Å². The Bertz CT molecular complexity index is 968. The van der Waals surface area contributed by atoms with Gasteiger partial charge in [-0.1, -0.05) is 18.2 Å². The van der Waals surface area contributed by atoms with Crippen molar-refractivity contribution in [2.45, 2.75) is 20.8 Å². The highest BCUT2D eigenvalue weighted by atomic mass is 32.1. The van der Waals surface area contributed by atoms with Crippen LogP contribution in [0.15, 0.2) is 35.6 Å². The summed E-state index contributed by atoms with van der Waals surface area (Å²) in [7, 11) is 0. The van der Waals surface area contributed by atoms with Gasteiger partial charge in [-0.15, -0.1) is 11.3 Å². The van der Waals surface area contributed by atoms with Crippen LogP contribution in [0.1, 0.15) is 37.7 Å². The molecule has 7 heteroatoms. The molecule has 122 valence electrons. The number of hydrogen-bond acceptors (Lipinski definition) is 5. The summed E-state index contributed by atoms with van der Waals surface area (Å²) in [4.78, 5) is 28.6. The van der Waals surface area contributed by atoms with Gasteiger partial charge in [-0.05, 0) is 19.9 Å². The average molecular weight is 340 g/mol. The van der Waals surface area contributed by atoms with E-state index in [-0.39, 0.29) is 11.8 Å². The topological polar surface area (TPSA) is 76.3 Å². The molecule has 2 heterocycles. The van der Waals surface area contributed by atoms with Crippen LogP contribution in [0.5, 0.6) is 0 Å². The third-order valence-electron chi connectivity index (χ3n) is 3.56. The second-order valence-electron chi connectivity index (χ2n) is 5.34. The zero-order valence-corrected chi connectivity index (χ0v) is 14.3. The van der Waals surface area contributed by atoms with Crippen LogP contribution in [-0.2, 0) is 0 Å². The Hall–Kier alpha value is -2.80. The molecule has 0 aliphatic rings. The molecule has 0 spiro atoms. The van der Waals surface area contributed by atoms with E-state index < -0.39 is 0 Å². The van der Waals surface area contributed by atoms with Gasteiger partial charge >= 0.3 is 0 Å². The molecule has 0 bridgehead atoms. The molecule has 0 unspecified atom stereocenters. The first-order valence-corrected chi connectivity index (χ1v) is 8.17. The summed E-state index contributed by atoms with van der Waals surface area (Å²) in [6.07, 6.45) is 3.26. The molecule has 0 saturated carbocycles. The third-order valence-corrected chi connectivity index (χ3v) is 4.63. The van der Waals surface area contributed by atoms with Gasteiger partial charge < -0.3 is 0 Å². The predicted octanol–water partition coefficient (Wildman–Crippen LogP) is 3.14. The van der Waals surface area contributed by atoms with Gasteiger partial charge in [0.2, 0.25) is 5.91 Å². The van der Waals surface area contributed by atoms with E-state index in [1.165, 1.54) is 18.3 Å². The van der Waals surface area contributed by atoms with Crippen molar-refractivity contribution in [1.82, 2.24) is 15.0 Å². The number of benzene rings is 1. The van der Waals surface area contributed by atoms with Crippen molar-refractivity contribution in [2.24, 2.45) is 5.10 Å². The Morgan fingerprint density at radius 2 is 2.04 bits per heavy atom. The molecular formula is C17H16N4O2S. The van der Waals surface area contributed by atoms with E-state index in [9.17, 15) is 9.59 Å². The highest BCUT2D eigenvalue weighted by Gasteiger charge is 2.13. The second kappa shape index (κ2) is 6.37. The fourth-order valence-corrected chi connectivity index (χ4v) is 3.33. The van der Waals surface area contributed by atoms with Crippen LogP contribution in [0.2, 0.25) is 0 Å². The fourth-order valence-electron chi connectivity index (χ4n) is 2.52. The lowest BCUT2D eigenvalue weighted by atomic mass is 10.2. The molecule has 1 amide bonds. The van der Waals surface area contributed by atoms with Crippen LogP contribution in [-0.4, -0.2) is 27.6 Å². The van der Waals surface area contributed by atoms with Crippen LogP contribution in [0.3, 0.4) is 0 Å². The molecule has 0 aliphatic heterocycles. The first-order valence-electron chi connectivity index (χ1n) is 7.36. The highest BCUT2D eigenvalue weighted by Crippen LogP contribution is 2.20. The quantitative estimate of drug-likeness (QED) is 0.588. The van der Waals surface area contributed by atoms with Crippen molar-refractivity contribution >= 4 is 40.3 Å². The molecule has 1 N–H and O–H groups in total. The molecule has 24 heavy (non-hydrogen) atoms. The molecule has 0 aliphatic carbocycles. The minimum Gasteiger partial charge on any atom is -0.287 e. The average Bonchev–Trinajstić information content (AvgIpc) is 3.08. The standard InChI is InChI=1S/C17H16N4O2S/c1-10-16(24-11(2)19-10)17(23)20-18-8-13-9-21(12(3)22)15-7-5-4-6-14(13)15/h4-9H,1-3H3,(H,20,23)/b18-8-. The Morgan fingerprint density at radius 1 is 1.29 bits per heavy atom. The molecule has 3 aromatic rings. The van der Waals surface area contributed by atoms with Gasteiger partial charge in [0.15, 0.2) is 0 Å². The summed E-state index contributed by atoms with van der Waals surface area (Å²) < 4.78 is 1.56. The normalized spacial score (nSPS) is 11.3. The van der Waals surface area contributed by atoms with Crippen molar-refractivity contribution in [3.63, 3.8) is 0 Å². The van der Waals surface area contributed by atoms with Crippen LogP contribution in [0.4, 0.5) is 0 Å². The number of carbonyl (C=O) groups is 2. The summed E-state index contributed by atoms with van der Waals surface area (Å²) in [5.41, 5.74) is 4.78. The van der Waals surface area contributed by atoms with Crippen molar-refractivity contribution in [3.05, 3.63) is 51.6 Å². The van der Waals surface area contributed by atoms with Crippen molar-refractivity contribution in [2.75, 3.05) is 0 Å². The Labute approximate surface area is 142 Å². The molecule has 0 radical (unpaired) electrons. The zero-order chi connectivity index (χ0) is 17.3. The molecule has 0 fully saturated rings. The van der Waals surface area contributed by atoms with Crippen LogP contribution in [0.25, 0.3) is 10.9 Å². The lowest BCUT2D eigenvalue weighted by molar-refractivity contribution is 0.0938. The summed E-state index contributed by atoms with van der Waals surface area (Å²) in [5.74, 6) is -0.365. The number of amides is 1. The SMILES string of the molecule is CC(=O)n1cc(/C=N\NC(=O)c2sc(C)nc2C)c2ccccc21. The van der Waals surface area contributed by atoms with E-state index in [4.69, 9.17) is 0 Å². The summed E-state index contributed by atoms with van der Waals surface area (Å²) in [5, 5.41) is 5.76. The van der Waals surface area contributed by atoms with Gasteiger partial charge in [0.05, 0.1) is 22.4 Å². The molecule has 6 nitrogen and oxygen atoms in total. The van der Waals surface area contributed by atoms with Crippen LogP contribution >= 0.6 is 11.3 Å². The first-order chi connectivity index (χ1) is 11.5. The number of aromatic nitrogens is 2. The Morgan fingerprint density at radius 3 is 2.71 bits per heavy atom. The van der Waals surface area contributed by atoms with E-state index in [1.54, 1.807) is 23.9 Å². The molecular weight excluding hydrogens is 324 g/mol. The number of carbonyl (C=O) groups excluding carboxylic acids is 2. The number of para-hydroxylation sites is 1. The monoisotopic (exact) mass is 340 g/mol. The number of nitrogens with zero attached hydrogens (tertiary/aromatic N) is 3. The van der Waals surface area contributed by atoms with Crippen molar-refractivity contribution in [3.8, 4) is 0 Å². The number of nitrogens with one attached hydrogen (secondary N) is 1. The summed E-state index contributed by atoms with van der Waals surface area (Å²) in [6, 6.07) is 7.55. The number of hydrogen-bond donors (Lipinski definition) is 1. The number of aryl methyl sites for hydroxylation is 2. The van der Waals surface area contributed by atoms with E-state index in [2.05, 4.69) is 15.5 Å². The fraction of sp³-hybridized carbons (Fsp3) is 0.176. The third kappa shape index (κ3) is 2.98. The molecule has 2 aromatic heterocycles. The number of hydrazone groups is 1. The van der Waals surface area contributed by atoms with Gasteiger partial charge in [-0.25, -0.2) is 10.4 Å². The summed E-state index contributed by atoms with van der Waals surface area (Å²) in [6.45, 7) is 5.15. The first kappa shape index (κ1) is 16.1. The number of fused-ring (bicyclic) bond motifs is 1. The maximum atomic E-state index is 12.1. The van der Waals surface area contributed by atoms with Crippen molar-refractivity contribution < 1.29 is 9.59 Å². The molecule has 0 atom stereocenters. The lowest BCUT2D eigenvalue weighted by Gasteiger charge is -1.97. The molecule has 0 saturated heterocycles. The summed E-state index contributed by atoms with van der Waals surface area (Å²) >= 11 is 1.33. The predicted molar refractivity (Wildman–Crippen MR) is 94.9 cm³/mol. The maximum Gasteiger partial charge on any atom is 0.283 e. The van der Waals surface area contributed by atoms with E-state index >= 15 is 0 Å². The van der Waals surface area contributed by atoms with Crippen LogP contribution < -0.4 is 5.43 Å². The lowest BCUT2D eigenvalue weighted by Crippen LogP contribution is -2.17. The smallest absolute Gasteiger partial charge is 0.283 e. The van der Waals surface area contributed by atoms with Gasteiger partial charge in [0.1, 0.15) is 4.88 Å². The van der Waals surface area contributed by atoms with Gasteiger partial charge in [-0.2, -0.15) is 5.10 Å². The Kier molecular flexibility index (Phi) is 4.26. The number of rotatable bonds is 3. The van der Waals surface area contributed by atoms with Gasteiger partial charge in [0, 0.05) is 24.1 Å². The Balaban J connectivity index is 1.85. The highest BCUT2D eigenvalue weighted by molar-refractivity contribution is 7.13. The minimum atomic E-state index is -0.287. The van der Waals surface area contributed by atoms with E-state index in [0.29, 0.717) is 10.6 Å². The molecule has 1 aromatic carbocycles. The van der Waals surface area contributed by atoms with Crippen LogP contribution in [0, 0.1) is 13.8 Å².